The van der Waals surface area contributed by atoms with E-state index in [1.807, 2.05) is 0 Å². The minimum atomic E-state index is -5.20. The lowest BCUT2D eigenvalue weighted by atomic mass is 9.80. The molecule has 0 saturated heterocycles. The lowest BCUT2D eigenvalue weighted by Crippen LogP contribution is -2.37. The summed E-state index contributed by atoms with van der Waals surface area (Å²) in [5.74, 6) is 0. The zero-order valence-electron chi connectivity index (χ0n) is 8.76. The van der Waals surface area contributed by atoms with E-state index in [4.69, 9.17) is 0 Å². The summed E-state index contributed by atoms with van der Waals surface area (Å²) in [6, 6.07) is 7.27. The Balaban J connectivity index is 2.72. The Bertz CT molecular complexity index is 348. The van der Waals surface area contributed by atoms with Crippen molar-refractivity contribution in [2.24, 2.45) is 0 Å². The fraction of sp³-hybridized carbons (Fsp3) is 0.333. The largest absolute Gasteiger partial charge is 0.510 e. The second kappa shape index (κ2) is 5.62. The van der Waals surface area contributed by atoms with Crippen molar-refractivity contribution in [2.45, 2.75) is 19.0 Å². The maximum absolute atomic E-state index is 11.9. The van der Waals surface area contributed by atoms with E-state index in [-0.39, 0.29) is 5.56 Å². The predicted molar refractivity (Wildman–Crippen MR) is 50.2 cm³/mol. The molecule has 0 heterocycles. The molecule has 0 aliphatic heterocycles. The molecule has 9 heteroatoms. The van der Waals surface area contributed by atoms with Gasteiger partial charge in [-0.05, 0) is 0 Å². The van der Waals surface area contributed by atoms with Crippen molar-refractivity contribution in [1.29, 1.82) is 0 Å². The van der Waals surface area contributed by atoms with E-state index < -0.39 is 26.2 Å². The fourth-order valence-electron chi connectivity index (χ4n) is 1.21. The summed E-state index contributed by atoms with van der Waals surface area (Å²) in [5, 5.41) is 0. The maximum atomic E-state index is 11.9. The normalized spacial score (nSPS) is 12.6. The van der Waals surface area contributed by atoms with Gasteiger partial charge in [-0.15, -0.1) is 26.3 Å². The number of halogens is 6. The molecule has 100 valence electrons. The molecule has 0 aromatic heterocycles. The van der Waals surface area contributed by atoms with Crippen molar-refractivity contribution >= 4 is 7.12 Å². The molecule has 0 aliphatic carbocycles. The van der Waals surface area contributed by atoms with Crippen LogP contribution in [0.5, 0.6) is 0 Å². The quantitative estimate of drug-likeness (QED) is 0.618. The third kappa shape index (κ3) is 6.50. The second-order valence-electron chi connectivity index (χ2n) is 3.25. The molecular formula is C9H7BF6O2. The van der Waals surface area contributed by atoms with Gasteiger partial charge < -0.3 is 9.31 Å². The van der Waals surface area contributed by atoms with Crippen LogP contribution in [0.15, 0.2) is 30.3 Å². The van der Waals surface area contributed by atoms with Gasteiger partial charge in [-0.2, -0.15) is 0 Å². The highest BCUT2D eigenvalue weighted by Gasteiger charge is 2.43. The molecule has 1 aromatic carbocycles. The van der Waals surface area contributed by atoms with Gasteiger partial charge in [-0.3, -0.25) is 0 Å². The van der Waals surface area contributed by atoms with Crippen LogP contribution in [-0.2, 0) is 15.6 Å². The summed E-state index contributed by atoms with van der Waals surface area (Å²) in [4.78, 5) is 0. The first-order chi connectivity index (χ1) is 8.16. The second-order valence-corrected chi connectivity index (χ2v) is 3.25. The number of alkyl halides is 6. The Morgan fingerprint density at radius 3 is 1.67 bits per heavy atom. The smallest absolute Gasteiger partial charge is 0.323 e. The monoisotopic (exact) mass is 272 g/mol. The molecular weight excluding hydrogens is 265 g/mol. The highest BCUT2D eigenvalue weighted by molar-refractivity contribution is 6.44. The minimum Gasteiger partial charge on any atom is -0.323 e. The van der Waals surface area contributed by atoms with Crippen molar-refractivity contribution in [2.75, 3.05) is 0 Å². The van der Waals surface area contributed by atoms with Crippen LogP contribution >= 0.6 is 0 Å². The molecule has 0 aliphatic rings. The molecule has 1 aromatic rings. The topological polar surface area (TPSA) is 18.5 Å². The van der Waals surface area contributed by atoms with Crippen LogP contribution in [0, 0.1) is 0 Å². The van der Waals surface area contributed by atoms with Crippen LogP contribution in [-0.4, -0.2) is 19.8 Å². The predicted octanol–water partition coefficient (Wildman–Crippen LogP) is 3.33. The molecule has 0 atom stereocenters. The van der Waals surface area contributed by atoms with E-state index in [2.05, 4.69) is 9.31 Å². The third-order valence-electron chi connectivity index (χ3n) is 1.78. The molecule has 0 fully saturated rings. The van der Waals surface area contributed by atoms with Crippen molar-refractivity contribution < 1.29 is 35.7 Å². The minimum absolute atomic E-state index is 0.232. The van der Waals surface area contributed by atoms with E-state index in [1.54, 1.807) is 6.07 Å². The summed E-state index contributed by atoms with van der Waals surface area (Å²) >= 11 is 0. The molecule has 0 radical (unpaired) electrons. The van der Waals surface area contributed by atoms with Crippen LogP contribution in [0.2, 0.25) is 0 Å². The van der Waals surface area contributed by atoms with Gasteiger partial charge in [-0.25, -0.2) is 0 Å². The summed E-state index contributed by atoms with van der Waals surface area (Å²) in [6.07, 6.45) is -11.1. The molecule has 0 unspecified atom stereocenters. The van der Waals surface area contributed by atoms with Gasteiger partial charge >= 0.3 is 19.8 Å². The van der Waals surface area contributed by atoms with Gasteiger partial charge in [0.2, 0.25) is 0 Å². The molecule has 18 heavy (non-hydrogen) atoms. The molecule has 0 saturated carbocycles. The Morgan fingerprint density at radius 1 is 0.833 bits per heavy atom. The van der Waals surface area contributed by atoms with E-state index in [0.717, 1.165) is 0 Å². The van der Waals surface area contributed by atoms with Gasteiger partial charge in [0.05, 0.1) is 0 Å². The van der Waals surface area contributed by atoms with Crippen molar-refractivity contribution in [3.63, 3.8) is 0 Å². The number of hydrogen-bond acceptors (Lipinski definition) is 2. The first-order valence-electron chi connectivity index (χ1n) is 4.69. The maximum Gasteiger partial charge on any atom is 0.510 e. The van der Waals surface area contributed by atoms with Crippen LogP contribution in [0.4, 0.5) is 26.3 Å². The van der Waals surface area contributed by atoms with E-state index >= 15 is 0 Å². The summed E-state index contributed by atoms with van der Waals surface area (Å²) in [5.41, 5.74) is 0.232. The first kappa shape index (κ1) is 14.8. The summed E-state index contributed by atoms with van der Waals surface area (Å²) < 4.78 is 78.0. The van der Waals surface area contributed by atoms with E-state index in [1.165, 1.54) is 24.3 Å². The number of rotatable bonds is 4. The molecule has 1 rings (SSSR count). The molecule has 2 nitrogen and oxygen atoms in total. The SMILES string of the molecule is FC(F)(F)OB(Cc1ccccc1)OC(F)(F)F. The van der Waals surface area contributed by atoms with Gasteiger partial charge in [0.15, 0.2) is 0 Å². The summed E-state index contributed by atoms with van der Waals surface area (Å²) in [7, 11) is -2.47. The number of benzene rings is 1. The zero-order valence-corrected chi connectivity index (χ0v) is 8.76. The van der Waals surface area contributed by atoms with Crippen molar-refractivity contribution in [3.05, 3.63) is 35.9 Å². The van der Waals surface area contributed by atoms with E-state index in [9.17, 15) is 26.3 Å². The van der Waals surface area contributed by atoms with Gasteiger partial charge in [0, 0.05) is 6.32 Å². The standard InChI is InChI=1S/C9H7BF6O2/c11-8(12,13)17-10(18-9(14,15)16)6-7-4-2-1-3-5-7/h1-5H,6H2. The van der Waals surface area contributed by atoms with E-state index in [0.29, 0.717) is 0 Å². The van der Waals surface area contributed by atoms with Gasteiger partial charge in [-0.1, -0.05) is 35.9 Å². The Morgan fingerprint density at radius 2 is 1.28 bits per heavy atom. The van der Waals surface area contributed by atoms with Crippen molar-refractivity contribution in [3.8, 4) is 0 Å². The van der Waals surface area contributed by atoms with Crippen LogP contribution in [0.3, 0.4) is 0 Å². The van der Waals surface area contributed by atoms with Gasteiger partial charge in [0.1, 0.15) is 0 Å². The number of hydrogen-bond donors (Lipinski definition) is 0. The zero-order chi connectivity index (χ0) is 13.8. The van der Waals surface area contributed by atoms with Crippen LogP contribution in [0.25, 0.3) is 0 Å². The highest BCUT2D eigenvalue weighted by Crippen LogP contribution is 2.24. The lowest BCUT2D eigenvalue weighted by molar-refractivity contribution is -0.317. The molecule has 0 amide bonds. The van der Waals surface area contributed by atoms with Gasteiger partial charge in [0.25, 0.3) is 0 Å². The lowest BCUT2D eigenvalue weighted by Gasteiger charge is -2.17. The third-order valence-corrected chi connectivity index (χ3v) is 1.78. The molecule has 0 spiro atoms. The van der Waals surface area contributed by atoms with Crippen molar-refractivity contribution in [1.82, 2.24) is 0 Å². The Kier molecular flexibility index (Phi) is 4.63. The average molecular weight is 272 g/mol. The highest BCUT2D eigenvalue weighted by atomic mass is 19.4. The summed E-state index contributed by atoms with van der Waals surface area (Å²) in [6.45, 7) is 0. The fourth-order valence-corrected chi connectivity index (χ4v) is 1.21. The van der Waals surface area contributed by atoms with Crippen LogP contribution in [0.1, 0.15) is 5.56 Å². The molecule has 0 N–H and O–H groups in total. The Hall–Kier alpha value is -1.22. The van der Waals surface area contributed by atoms with Crippen LogP contribution < -0.4 is 0 Å². The Labute approximate surface area is 98.6 Å². The first-order valence-corrected chi connectivity index (χ1v) is 4.69. The molecule has 0 bridgehead atoms. The average Bonchev–Trinajstić information content (AvgIpc) is 2.13.